The molecule has 9 heteroatoms. The molecular weight excluding hydrogens is 818 g/mol. The number of hydrogen-bond donors (Lipinski definition) is 0. The molecule has 0 N–H and O–H groups in total. The van der Waals surface area contributed by atoms with Crippen molar-refractivity contribution in [2.75, 3.05) is 40.0 Å². The molecule has 382 valence electrons. The Balaban J connectivity index is 4.47. The second-order valence-corrected chi connectivity index (χ2v) is 21.8. The van der Waals surface area contributed by atoms with Crippen LogP contribution in [0.1, 0.15) is 291 Å². The highest BCUT2D eigenvalue weighted by Crippen LogP contribution is 2.49. The predicted octanol–water partition coefficient (Wildman–Crippen LogP) is 17.7. The highest BCUT2D eigenvalue weighted by atomic mass is 31.2. The lowest BCUT2D eigenvalue weighted by Crippen LogP contribution is -2.18. The maximum Gasteiger partial charge on any atom is 0.330 e. The zero-order valence-electron chi connectivity index (χ0n) is 43.7. The molecule has 0 spiro atoms. The van der Waals surface area contributed by atoms with E-state index in [9.17, 15) is 14.2 Å². The molecule has 0 radical (unpaired) electrons. The van der Waals surface area contributed by atoms with E-state index >= 15 is 0 Å². The van der Waals surface area contributed by atoms with Gasteiger partial charge >= 0.3 is 19.5 Å². The Bertz CT molecular complexity index is 940. The summed E-state index contributed by atoms with van der Waals surface area (Å²) in [4.78, 5) is 27.7. The number of hydrogen-bond acceptors (Lipinski definition) is 8. The summed E-state index contributed by atoms with van der Waals surface area (Å²) in [5.41, 5.74) is 0. The van der Waals surface area contributed by atoms with E-state index in [4.69, 9.17) is 18.5 Å². The molecule has 0 fully saturated rings. The highest BCUT2D eigenvalue weighted by Gasteiger charge is 2.24. The number of carbonyl (C=O) groups excluding carboxylic acids is 2. The third kappa shape index (κ3) is 44.9. The van der Waals surface area contributed by atoms with Crippen LogP contribution in [0.4, 0.5) is 0 Å². The Kier molecular flexibility index (Phi) is 47.8. The number of unbranched alkanes of at least 4 members (excludes halogenated alkanes) is 28. The second-order valence-electron chi connectivity index (χ2n) is 19.6. The summed E-state index contributed by atoms with van der Waals surface area (Å²) < 4.78 is 37.8. The smallest absolute Gasteiger partial charge is 0.330 e. The Morgan fingerprint density at radius 1 is 0.391 bits per heavy atom. The van der Waals surface area contributed by atoms with E-state index in [0.717, 1.165) is 129 Å². The second kappa shape index (κ2) is 48.5. The largest absolute Gasteiger partial charge is 0.462 e. The first kappa shape index (κ1) is 63.0. The molecule has 0 atom stereocenters. The summed E-state index contributed by atoms with van der Waals surface area (Å²) in [5.74, 6) is -0.0515. The number of rotatable bonds is 52. The molecule has 0 aromatic heterocycles. The zero-order valence-corrected chi connectivity index (χ0v) is 44.6. The van der Waals surface area contributed by atoms with Crippen LogP contribution in [0, 0.1) is 0 Å². The molecule has 0 unspecified atom stereocenters. The summed E-state index contributed by atoms with van der Waals surface area (Å²) in [6.45, 7) is 10.7. The summed E-state index contributed by atoms with van der Waals surface area (Å²) in [7, 11) is 0.897. The van der Waals surface area contributed by atoms with Crippen LogP contribution in [-0.2, 0) is 32.7 Å². The van der Waals surface area contributed by atoms with Crippen molar-refractivity contribution in [3.05, 3.63) is 0 Å². The Morgan fingerprint density at radius 2 is 0.672 bits per heavy atom. The fraction of sp³-hybridized carbons (Fsp3) is 0.964. The maximum atomic E-state index is 13.7. The van der Waals surface area contributed by atoms with E-state index < -0.39 is 7.60 Å². The molecule has 0 aromatic carbocycles. The van der Waals surface area contributed by atoms with Gasteiger partial charge in [0.2, 0.25) is 0 Å². The van der Waals surface area contributed by atoms with Crippen LogP contribution in [0.25, 0.3) is 0 Å². The fourth-order valence-corrected chi connectivity index (χ4v) is 10.3. The molecule has 0 rings (SSSR count). The standard InChI is InChI=1S/C55H110NO7P/c1-7-11-15-19-25-33-42-52(43-34-26-20-16-12-8-2)62-54(57)46-37-29-23-31-39-49-60-64(59,51-41-48-56(5)6)61-50-40-32-24-30-38-47-55(58)63-53(44-35-27-21-17-13-9-3)45-36-28-22-18-14-10-4/h52-53H,7-51H2,1-6H3. The van der Waals surface area contributed by atoms with Gasteiger partial charge in [0.25, 0.3) is 0 Å². The summed E-state index contributed by atoms with van der Waals surface area (Å²) >= 11 is 0. The highest BCUT2D eigenvalue weighted by molar-refractivity contribution is 7.53. The van der Waals surface area contributed by atoms with Crippen LogP contribution in [0.5, 0.6) is 0 Å². The molecule has 0 amide bonds. The minimum absolute atomic E-state index is 0.0257. The molecule has 0 heterocycles. The van der Waals surface area contributed by atoms with E-state index in [2.05, 4.69) is 32.6 Å². The van der Waals surface area contributed by atoms with Crippen LogP contribution in [0.15, 0.2) is 0 Å². The van der Waals surface area contributed by atoms with Crippen LogP contribution >= 0.6 is 7.60 Å². The van der Waals surface area contributed by atoms with Gasteiger partial charge < -0.3 is 23.4 Å². The molecule has 8 nitrogen and oxygen atoms in total. The normalized spacial score (nSPS) is 12.0. The molecule has 0 aliphatic carbocycles. The fourth-order valence-electron chi connectivity index (χ4n) is 8.58. The molecule has 0 bridgehead atoms. The van der Waals surface area contributed by atoms with Crippen molar-refractivity contribution in [3.63, 3.8) is 0 Å². The van der Waals surface area contributed by atoms with Gasteiger partial charge in [-0.05, 0) is 104 Å². The minimum Gasteiger partial charge on any atom is -0.462 e. The van der Waals surface area contributed by atoms with Crippen molar-refractivity contribution < 1.29 is 32.7 Å². The monoisotopic (exact) mass is 928 g/mol. The first-order valence-corrected chi connectivity index (χ1v) is 29.8. The van der Waals surface area contributed by atoms with Gasteiger partial charge in [-0.1, -0.05) is 195 Å². The third-order valence-corrected chi connectivity index (χ3v) is 14.8. The molecule has 0 aliphatic heterocycles. The van der Waals surface area contributed by atoms with E-state index in [-0.39, 0.29) is 24.1 Å². The summed E-state index contributed by atoms with van der Waals surface area (Å²) in [5, 5.41) is 0. The van der Waals surface area contributed by atoms with Gasteiger partial charge in [0.15, 0.2) is 0 Å². The average Bonchev–Trinajstić information content (AvgIpc) is 3.27. The molecule has 64 heavy (non-hydrogen) atoms. The van der Waals surface area contributed by atoms with E-state index in [1.54, 1.807) is 0 Å². The van der Waals surface area contributed by atoms with Crippen LogP contribution < -0.4 is 0 Å². The van der Waals surface area contributed by atoms with Crippen molar-refractivity contribution in [2.45, 2.75) is 303 Å². The lowest BCUT2D eigenvalue weighted by atomic mass is 10.0. The van der Waals surface area contributed by atoms with Gasteiger partial charge in [-0.3, -0.25) is 14.2 Å². The molecule has 0 saturated carbocycles. The van der Waals surface area contributed by atoms with Gasteiger partial charge in [0, 0.05) is 12.8 Å². The van der Waals surface area contributed by atoms with Crippen LogP contribution in [0.2, 0.25) is 0 Å². The van der Waals surface area contributed by atoms with Crippen LogP contribution in [-0.4, -0.2) is 69.1 Å². The molecule has 0 aliphatic rings. The van der Waals surface area contributed by atoms with Crippen molar-refractivity contribution in [1.29, 1.82) is 0 Å². The number of nitrogens with zero attached hydrogens (tertiary/aromatic N) is 1. The van der Waals surface area contributed by atoms with Crippen molar-refractivity contribution in [3.8, 4) is 0 Å². The van der Waals surface area contributed by atoms with E-state index in [1.807, 2.05) is 14.1 Å². The number of ether oxygens (including phenoxy) is 2. The van der Waals surface area contributed by atoms with Gasteiger partial charge in [-0.25, -0.2) is 0 Å². The van der Waals surface area contributed by atoms with Crippen LogP contribution in [0.3, 0.4) is 0 Å². The van der Waals surface area contributed by atoms with Gasteiger partial charge in [-0.2, -0.15) is 0 Å². The lowest BCUT2D eigenvalue weighted by molar-refractivity contribution is -0.151. The molecular formula is C55H110NO7P. The predicted molar refractivity (Wildman–Crippen MR) is 275 cm³/mol. The van der Waals surface area contributed by atoms with Gasteiger partial charge in [-0.15, -0.1) is 0 Å². The Morgan fingerprint density at radius 3 is 0.984 bits per heavy atom. The van der Waals surface area contributed by atoms with Gasteiger partial charge in [0.1, 0.15) is 12.2 Å². The first-order chi connectivity index (χ1) is 31.2. The number of esters is 2. The topological polar surface area (TPSA) is 91.4 Å². The van der Waals surface area contributed by atoms with Gasteiger partial charge in [0.05, 0.1) is 19.4 Å². The Hall–Kier alpha value is -0.950. The van der Waals surface area contributed by atoms with Crippen molar-refractivity contribution in [1.82, 2.24) is 4.90 Å². The summed E-state index contributed by atoms with van der Waals surface area (Å²) in [6.07, 6.45) is 46.2. The van der Waals surface area contributed by atoms with Crippen molar-refractivity contribution in [2.24, 2.45) is 0 Å². The summed E-state index contributed by atoms with van der Waals surface area (Å²) in [6, 6.07) is 0. The average molecular weight is 928 g/mol. The lowest BCUT2D eigenvalue weighted by Gasteiger charge is -2.20. The third-order valence-electron chi connectivity index (χ3n) is 12.8. The minimum atomic E-state index is -3.16. The Labute approximate surface area is 398 Å². The SMILES string of the molecule is CCCCCCCCC(CCCCCCCC)OC(=O)CCCCCCCOP(=O)(CCCN(C)C)OCCCCCCCC(=O)OC(CCCCCCCC)CCCCCCCC. The quantitative estimate of drug-likeness (QED) is 0.0338. The maximum absolute atomic E-state index is 13.7. The molecule has 0 aromatic rings. The zero-order chi connectivity index (χ0) is 47.0. The van der Waals surface area contributed by atoms with Crippen molar-refractivity contribution >= 4 is 19.5 Å². The number of carbonyl (C=O) groups is 2. The van der Waals surface area contributed by atoms with E-state index in [1.165, 1.54) is 128 Å². The van der Waals surface area contributed by atoms with E-state index in [0.29, 0.717) is 32.2 Å². The first-order valence-electron chi connectivity index (χ1n) is 28.1. The molecule has 0 saturated heterocycles.